The number of halogens is 1. The van der Waals surface area contributed by atoms with Crippen molar-refractivity contribution in [2.75, 3.05) is 12.4 Å². The van der Waals surface area contributed by atoms with Crippen LogP contribution in [0, 0.1) is 11.8 Å². The zero-order valence-corrected chi connectivity index (χ0v) is 21.1. The number of Topliss-reactive ketones (excluding diaryl/α,β-unsaturated/α-hetero) is 5. The molecular formula is C24H29ClO8S. The van der Waals surface area contributed by atoms with Crippen molar-refractivity contribution in [1.82, 2.24) is 0 Å². The first-order chi connectivity index (χ1) is 15.9. The van der Waals surface area contributed by atoms with E-state index in [1.54, 1.807) is 13.8 Å². The summed E-state index contributed by atoms with van der Waals surface area (Å²) < 4.78 is 29.9. The molecular weight excluding hydrogens is 484 g/mol. The lowest BCUT2D eigenvalue weighted by molar-refractivity contribution is -0.137. The van der Waals surface area contributed by atoms with E-state index in [0.29, 0.717) is 12.8 Å². The van der Waals surface area contributed by atoms with Crippen molar-refractivity contribution in [3.05, 3.63) is 22.7 Å². The summed E-state index contributed by atoms with van der Waals surface area (Å²) in [5.74, 6) is -3.67. The van der Waals surface area contributed by atoms with E-state index in [-0.39, 0.29) is 63.9 Å². The molecule has 2 aliphatic carbocycles. The number of ketones is 5. The van der Waals surface area contributed by atoms with Crippen LogP contribution in [0.5, 0.6) is 5.75 Å². The first-order valence-corrected chi connectivity index (χ1v) is 13.3. The number of benzene rings is 1. The lowest BCUT2D eigenvalue weighted by atomic mass is 9.77. The molecule has 186 valence electrons. The van der Waals surface area contributed by atoms with E-state index < -0.39 is 33.1 Å². The van der Waals surface area contributed by atoms with Crippen LogP contribution in [0.2, 0.25) is 5.02 Å². The van der Waals surface area contributed by atoms with Crippen molar-refractivity contribution < 1.29 is 37.1 Å². The molecule has 8 nitrogen and oxygen atoms in total. The average molecular weight is 513 g/mol. The van der Waals surface area contributed by atoms with Crippen molar-refractivity contribution in [3.63, 3.8) is 0 Å². The molecule has 1 aromatic carbocycles. The molecule has 2 fully saturated rings. The zero-order valence-electron chi connectivity index (χ0n) is 19.5. The zero-order chi connectivity index (χ0) is 25.6. The molecule has 0 bridgehead atoms. The van der Waals surface area contributed by atoms with Gasteiger partial charge < -0.3 is 4.74 Å². The van der Waals surface area contributed by atoms with Crippen LogP contribution in [0.25, 0.3) is 0 Å². The van der Waals surface area contributed by atoms with Crippen LogP contribution in [-0.4, -0.2) is 49.7 Å². The van der Waals surface area contributed by atoms with Gasteiger partial charge in [-0.2, -0.15) is 0 Å². The highest BCUT2D eigenvalue weighted by atomic mass is 35.5. The number of hydrogen-bond acceptors (Lipinski definition) is 8. The van der Waals surface area contributed by atoms with Crippen LogP contribution in [0.4, 0.5) is 0 Å². The Bertz CT molecular complexity index is 1070. The Morgan fingerprint density at radius 1 is 1.00 bits per heavy atom. The van der Waals surface area contributed by atoms with Gasteiger partial charge in [0.2, 0.25) is 0 Å². The molecule has 0 amide bonds. The Morgan fingerprint density at radius 2 is 1.53 bits per heavy atom. The SMILES string of the molecule is CCOc1c(S(=O)(=O)CC)ccc(C(=O)C2C(=O)CC(C)CC2=O)c1Cl.O=C1CCCCC1=O. The summed E-state index contributed by atoms with van der Waals surface area (Å²) in [6.45, 7) is 5.06. The largest absolute Gasteiger partial charge is 0.491 e. The van der Waals surface area contributed by atoms with Crippen LogP contribution in [0.15, 0.2) is 17.0 Å². The third-order valence-corrected chi connectivity index (χ3v) is 7.83. The molecule has 0 aliphatic heterocycles. The highest BCUT2D eigenvalue weighted by Crippen LogP contribution is 2.38. The lowest BCUT2D eigenvalue weighted by Gasteiger charge is -2.23. The van der Waals surface area contributed by atoms with Gasteiger partial charge in [-0.15, -0.1) is 0 Å². The van der Waals surface area contributed by atoms with Crippen LogP contribution in [-0.2, 0) is 29.0 Å². The predicted octanol–water partition coefficient (Wildman–Crippen LogP) is 3.60. The summed E-state index contributed by atoms with van der Waals surface area (Å²) in [6.07, 6.45) is 3.09. The van der Waals surface area contributed by atoms with Crippen LogP contribution < -0.4 is 4.74 Å². The highest BCUT2D eigenvalue weighted by molar-refractivity contribution is 7.91. The van der Waals surface area contributed by atoms with E-state index in [2.05, 4.69) is 0 Å². The maximum absolute atomic E-state index is 12.8. The van der Waals surface area contributed by atoms with E-state index in [4.69, 9.17) is 16.3 Å². The van der Waals surface area contributed by atoms with E-state index in [1.165, 1.54) is 19.1 Å². The number of ether oxygens (including phenoxy) is 1. The molecule has 0 unspecified atom stereocenters. The van der Waals surface area contributed by atoms with Gasteiger partial charge in [0.1, 0.15) is 10.8 Å². The standard InChI is InChI=1S/C18H21ClO6S.C6H8O2/c1-4-25-18-14(26(23,24)5-2)7-6-11(16(18)19)17(22)15-12(20)8-10(3)9-13(15)21;7-5-3-1-2-4-6(5)8/h6-7,10,15H,4-5,8-9H2,1-3H3;1-4H2. The van der Waals surface area contributed by atoms with Gasteiger partial charge >= 0.3 is 0 Å². The highest BCUT2D eigenvalue weighted by Gasteiger charge is 2.40. The van der Waals surface area contributed by atoms with Crippen molar-refractivity contribution in [3.8, 4) is 5.75 Å². The summed E-state index contributed by atoms with van der Waals surface area (Å²) in [5, 5.41) is -0.189. The molecule has 0 spiro atoms. The van der Waals surface area contributed by atoms with Gasteiger partial charge in [0.15, 0.2) is 44.5 Å². The molecule has 0 heterocycles. The Morgan fingerprint density at radius 3 is 1.97 bits per heavy atom. The summed E-state index contributed by atoms with van der Waals surface area (Å²) in [4.78, 5) is 58.0. The fourth-order valence-electron chi connectivity index (χ4n) is 3.88. The average Bonchev–Trinajstić information content (AvgIpc) is 2.76. The number of sulfone groups is 1. The minimum Gasteiger partial charge on any atom is -0.491 e. The predicted molar refractivity (Wildman–Crippen MR) is 125 cm³/mol. The fourth-order valence-corrected chi connectivity index (χ4v) is 5.28. The summed E-state index contributed by atoms with van der Waals surface area (Å²) in [5.41, 5.74) is -0.0774. The van der Waals surface area contributed by atoms with Crippen LogP contribution >= 0.6 is 11.6 Å². The quantitative estimate of drug-likeness (QED) is 0.321. The number of hydrogen-bond donors (Lipinski definition) is 0. The third-order valence-electron chi connectivity index (χ3n) is 5.70. The second-order valence-corrected chi connectivity index (χ2v) is 11.0. The Kier molecular flexibility index (Phi) is 9.70. The van der Waals surface area contributed by atoms with Gasteiger partial charge in [0.25, 0.3) is 0 Å². The molecule has 0 radical (unpaired) electrons. The number of rotatable bonds is 6. The molecule has 2 aliphatic rings. The van der Waals surface area contributed by atoms with Gasteiger partial charge in [-0.25, -0.2) is 8.42 Å². The molecule has 34 heavy (non-hydrogen) atoms. The van der Waals surface area contributed by atoms with Crippen LogP contribution in [0.3, 0.4) is 0 Å². The molecule has 0 N–H and O–H groups in total. The van der Waals surface area contributed by atoms with E-state index in [1.807, 2.05) is 0 Å². The topological polar surface area (TPSA) is 129 Å². The van der Waals surface area contributed by atoms with Crippen molar-refractivity contribution in [2.24, 2.45) is 11.8 Å². The summed E-state index contributed by atoms with van der Waals surface area (Å²) in [6, 6.07) is 2.48. The number of carbonyl (C=O) groups excluding carboxylic acids is 5. The van der Waals surface area contributed by atoms with Gasteiger partial charge in [-0.05, 0) is 37.8 Å². The van der Waals surface area contributed by atoms with Crippen LogP contribution in [0.1, 0.15) is 69.7 Å². The maximum Gasteiger partial charge on any atom is 0.198 e. The van der Waals surface area contributed by atoms with Crippen molar-refractivity contribution in [1.29, 1.82) is 0 Å². The minimum absolute atomic E-state index is 0.0774. The molecule has 0 aromatic heterocycles. The van der Waals surface area contributed by atoms with E-state index in [9.17, 15) is 32.4 Å². The van der Waals surface area contributed by atoms with Crippen molar-refractivity contribution in [2.45, 2.75) is 64.2 Å². The molecule has 2 saturated carbocycles. The molecule has 0 saturated heterocycles. The van der Waals surface area contributed by atoms with Gasteiger partial charge in [0, 0.05) is 31.2 Å². The summed E-state index contributed by atoms with van der Waals surface area (Å²) >= 11 is 6.26. The second-order valence-electron chi connectivity index (χ2n) is 8.39. The van der Waals surface area contributed by atoms with E-state index in [0.717, 1.165) is 12.8 Å². The monoisotopic (exact) mass is 512 g/mol. The fraction of sp³-hybridized carbons (Fsp3) is 0.542. The van der Waals surface area contributed by atoms with E-state index >= 15 is 0 Å². The molecule has 0 atom stereocenters. The molecule has 3 rings (SSSR count). The minimum atomic E-state index is -3.62. The first kappa shape index (κ1) is 27.9. The maximum atomic E-state index is 12.8. The van der Waals surface area contributed by atoms with Crippen molar-refractivity contribution >= 4 is 50.4 Å². The Balaban J connectivity index is 0.000000430. The Labute approximate surface area is 204 Å². The lowest BCUT2D eigenvalue weighted by Crippen LogP contribution is -2.38. The molecule has 1 aromatic rings. The molecule has 10 heteroatoms. The second kappa shape index (κ2) is 11.8. The normalized spacial score (nSPS) is 21.1. The number of carbonyl (C=O) groups is 5. The smallest absolute Gasteiger partial charge is 0.198 e. The third kappa shape index (κ3) is 6.39. The Hall–Kier alpha value is -2.39. The summed E-state index contributed by atoms with van der Waals surface area (Å²) in [7, 11) is -3.62. The van der Waals surface area contributed by atoms with Gasteiger partial charge in [-0.3, -0.25) is 24.0 Å². The van der Waals surface area contributed by atoms with Gasteiger partial charge in [-0.1, -0.05) is 25.4 Å². The van der Waals surface area contributed by atoms with Gasteiger partial charge in [0.05, 0.1) is 17.4 Å². The first-order valence-electron chi connectivity index (χ1n) is 11.3.